The maximum atomic E-state index is 12.8. The Balaban J connectivity index is 1.79. The summed E-state index contributed by atoms with van der Waals surface area (Å²) in [4.78, 5) is 62.2. The van der Waals surface area contributed by atoms with E-state index < -0.39 is 17.9 Å². The predicted molar refractivity (Wildman–Crippen MR) is 94.2 cm³/mol. The fraction of sp³-hybridized carbons (Fsp3) is 0.389. The molecule has 1 saturated heterocycles. The van der Waals surface area contributed by atoms with Gasteiger partial charge in [-0.25, -0.2) is 0 Å². The van der Waals surface area contributed by atoms with Crippen LogP contribution < -0.4 is 11.1 Å². The molecule has 1 unspecified atom stereocenters. The van der Waals surface area contributed by atoms with Gasteiger partial charge in [-0.15, -0.1) is 0 Å². The Morgan fingerprint density at radius 2 is 1.96 bits per heavy atom. The highest BCUT2D eigenvalue weighted by atomic mass is 16.2. The number of nitrogens with zero attached hydrogens (tertiary/aromatic N) is 2. The molecule has 2 aliphatic heterocycles. The Bertz CT molecular complexity index is 850. The number of amides is 5. The maximum absolute atomic E-state index is 12.8. The molecule has 0 aliphatic carbocycles. The SMILES string of the molecule is CN1C(=O)CCC(N2Cc3c(NC(=O)CCC(N)=O)cccc3C2=O)C1=O. The van der Waals surface area contributed by atoms with Crippen molar-refractivity contribution >= 4 is 35.2 Å². The third-order valence-electron chi connectivity index (χ3n) is 4.87. The lowest BCUT2D eigenvalue weighted by Crippen LogP contribution is -2.53. The molecule has 1 fully saturated rings. The molecule has 0 bridgehead atoms. The second kappa shape index (κ2) is 7.18. The molecule has 0 saturated carbocycles. The minimum absolute atomic E-state index is 0.0509. The van der Waals surface area contributed by atoms with E-state index in [-0.39, 0.29) is 49.9 Å². The third kappa shape index (κ3) is 3.53. The molecule has 5 amide bonds. The van der Waals surface area contributed by atoms with E-state index in [0.717, 1.165) is 4.90 Å². The summed E-state index contributed by atoms with van der Waals surface area (Å²) < 4.78 is 0. The monoisotopic (exact) mass is 372 g/mol. The summed E-state index contributed by atoms with van der Waals surface area (Å²) in [6, 6.07) is 4.24. The van der Waals surface area contributed by atoms with E-state index in [1.807, 2.05) is 0 Å². The van der Waals surface area contributed by atoms with Gasteiger partial charge >= 0.3 is 0 Å². The number of benzene rings is 1. The topological polar surface area (TPSA) is 130 Å². The number of nitrogens with two attached hydrogens (primary N) is 1. The van der Waals surface area contributed by atoms with Crippen molar-refractivity contribution < 1.29 is 24.0 Å². The van der Waals surface area contributed by atoms with E-state index in [1.54, 1.807) is 18.2 Å². The van der Waals surface area contributed by atoms with Gasteiger partial charge < -0.3 is 16.0 Å². The van der Waals surface area contributed by atoms with Crippen LogP contribution in [0.2, 0.25) is 0 Å². The fourth-order valence-corrected chi connectivity index (χ4v) is 3.36. The van der Waals surface area contributed by atoms with E-state index in [1.165, 1.54) is 11.9 Å². The zero-order valence-corrected chi connectivity index (χ0v) is 14.9. The van der Waals surface area contributed by atoms with Crippen LogP contribution in [0.15, 0.2) is 18.2 Å². The average molecular weight is 372 g/mol. The van der Waals surface area contributed by atoms with E-state index in [0.29, 0.717) is 16.8 Å². The number of likely N-dealkylation sites (tertiary alicyclic amines) is 1. The van der Waals surface area contributed by atoms with Crippen molar-refractivity contribution in [2.45, 2.75) is 38.3 Å². The van der Waals surface area contributed by atoms with Crippen LogP contribution in [0, 0.1) is 0 Å². The van der Waals surface area contributed by atoms with Crippen LogP contribution in [0.25, 0.3) is 0 Å². The summed E-state index contributed by atoms with van der Waals surface area (Å²) >= 11 is 0. The van der Waals surface area contributed by atoms with Gasteiger partial charge in [0.1, 0.15) is 6.04 Å². The first kappa shape index (κ1) is 18.6. The van der Waals surface area contributed by atoms with Crippen LogP contribution >= 0.6 is 0 Å². The van der Waals surface area contributed by atoms with Crippen LogP contribution in [-0.2, 0) is 25.7 Å². The summed E-state index contributed by atoms with van der Waals surface area (Å²) in [7, 11) is 1.41. The lowest BCUT2D eigenvalue weighted by Gasteiger charge is -2.33. The molecule has 142 valence electrons. The Labute approximate surface area is 155 Å². The Hall–Kier alpha value is -3.23. The molecular formula is C18H20N4O5. The van der Waals surface area contributed by atoms with Crippen molar-refractivity contribution in [3.05, 3.63) is 29.3 Å². The number of anilines is 1. The van der Waals surface area contributed by atoms with Crippen LogP contribution in [0.1, 0.15) is 41.6 Å². The number of hydrogen-bond acceptors (Lipinski definition) is 5. The van der Waals surface area contributed by atoms with Crippen molar-refractivity contribution in [2.75, 3.05) is 12.4 Å². The van der Waals surface area contributed by atoms with Gasteiger partial charge in [0.25, 0.3) is 11.8 Å². The van der Waals surface area contributed by atoms with E-state index in [9.17, 15) is 24.0 Å². The first-order chi connectivity index (χ1) is 12.8. The van der Waals surface area contributed by atoms with Gasteiger partial charge in [-0.1, -0.05) is 6.07 Å². The summed E-state index contributed by atoms with van der Waals surface area (Å²) in [6.07, 6.45) is 0.360. The third-order valence-corrected chi connectivity index (χ3v) is 4.87. The van der Waals surface area contributed by atoms with Gasteiger partial charge in [-0.2, -0.15) is 0 Å². The van der Waals surface area contributed by atoms with Gasteiger partial charge in [0.15, 0.2) is 0 Å². The molecule has 9 nitrogen and oxygen atoms in total. The van der Waals surface area contributed by atoms with Crippen molar-refractivity contribution in [2.24, 2.45) is 5.73 Å². The van der Waals surface area contributed by atoms with Crippen molar-refractivity contribution in [1.82, 2.24) is 9.80 Å². The largest absolute Gasteiger partial charge is 0.370 e. The second-order valence-corrected chi connectivity index (χ2v) is 6.62. The molecule has 2 heterocycles. The van der Waals surface area contributed by atoms with Crippen LogP contribution in [0.3, 0.4) is 0 Å². The van der Waals surface area contributed by atoms with E-state index in [2.05, 4.69) is 5.32 Å². The van der Waals surface area contributed by atoms with Crippen molar-refractivity contribution in [1.29, 1.82) is 0 Å². The number of primary amides is 1. The standard InChI is InChI=1S/C18H20N4O5/c1-21-16(25)8-5-13(18(21)27)22-9-11-10(17(22)26)3-2-4-12(11)20-15(24)7-6-14(19)23/h2-4,13H,5-9H2,1H3,(H2,19,23)(H,20,24). The molecule has 1 aromatic rings. The minimum Gasteiger partial charge on any atom is -0.370 e. The summed E-state index contributed by atoms with van der Waals surface area (Å²) in [5.41, 5.74) is 6.54. The van der Waals surface area contributed by atoms with Gasteiger partial charge in [-0.3, -0.25) is 28.9 Å². The molecule has 0 aromatic heterocycles. The predicted octanol–water partition coefficient (Wildman–Crippen LogP) is -0.00620. The Morgan fingerprint density at radius 1 is 1.22 bits per heavy atom. The molecule has 0 radical (unpaired) electrons. The number of carbonyl (C=O) groups excluding carboxylic acids is 5. The van der Waals surface area contributed by atoms with Crippen molar-refractivity contribution in [3.8, 4) is 0 Å². The molecular weight excluding hydrogens is 352 g/mol. The zero-order chi connectivity index (χ0) is 19.7. The molecule has 27 heavy (non-hydrogen) atoms. The summed E-state index contributed by atoms with van der Waals surface area (Å²) in [5.74, 6) is -1.92. The van der Waals surface area contributed by atoms with Gasteiger partial charge in [0, 0.05) is 49.7 Å². The van der Waals surface area contributed by atoms with Crippen LogP contribution in [-0.4, -0.2) is 52.4 Å². The Morgan fingerprint density at radius 3 is 2.67 bits per heavy atom. The Kier molecular flexibility index (Phi) is 4.93. The van der Waals surface area contributed by atoms with Crippen LogP contribution in [0.5, 0.6) is 0 Å². The lowest BCUT2D eigenvalue weighted by atomic mass is 10.0. The fourth-order valence-electron chi connectivity index (χ4n) is 3.36. The number of likely N-dealkylation sites (N-methyl/N-ethyl adjacent to an activating group) is 1. The highest BCUT2D eigenvalue weighted by molar-refractivity contribution is 6.06. The molecule has 1 aromatic carbocycles. The quantitative estimate of drug-likeness (QED) is 0.702. The van der Waals surface area contributed by atoms with Crippen molar-refractivity contribution in [3.63, 3.8) is 0 Å². The maximum Gasteiger partial charge on any atom is 0.255 e. The molecule has 0 spiro atoms. The minimum atomic E-state index is -0.703. The number of nitrogens with one attached hydrogen (secondary N) is 1. The van der Waals surface area contributed by atoms with E-state index >= 15 is 0 Å². The number of carbonyl (C=O) groups is 5. The highest BCUT2D eigenvalue weighted by Crippen LogP contribution is 2.33. The normalized spacial score (nSPS) is 19.3. The zero-order valence-electron chi connectivity index (χ0n) is 14.9. The molecule has 9 heteroatoms. The average Bonchev–Trinajstić information content (AvgIpc) is 2.96. The molecule has 1 atom stereocenters. The number of fused-ring (bicyclic) bond motifs is 1. The first-order valence-corrected chi connectivity index (χ1v) is 8.61. The van der Waals surface area contributed by atoms with Crippen LogP contribution in [0.4, 0.5) is 5.69 Å². The molecule has 2 aliphatic rings. The van der Waals surface area contributed by atoms with E-state index in [4.69, 9.17) is 5.73 Å². The van der Waals surface area contributed by atoms with Gasteiger partial charge in [0.2, 0.25) is 17.7 Å². The molecule has 3 N–H and O–H groups in total. The lowest BCUT2D eigenvalue weighted by molar-refractivity contribution is -0.150. The van der Waals surface area contributed by atoms with Gasteiger partial charge in [-0.05, 0) is 18.6 Å². The number of piperidine rings is 1. The van der Waals surface area contributed by atoms with Gasteiger partial charge in [0.05, 0.1) is 0 Å². The first-order valence-electron chi connectivity index (χ1n) is 8.61. The number of imide groups is 1. The molecule has 3 rings (SSSR count). The number of hydrogen-bond donors (Lipinski definition) is 2. The summed E-state index contributed by atoms with van der Waals surface area (Å²) in [5, 5.41) is 2.69. The second-order valence-electron chi connectivity index (χ2n) is 6.62. The smallest absolute Gasteiger partial charge is 0.255 e. The number of rotatable bonds is 5. The summed E-state index contributed by atoms with van der Waals surface area (Å²) in [6.45, 7) is 0.166. The highest BCUT2D eigenvalue weighted by Gasteiger charge is 2.42.